The van der Waals surface area contributed by atoms with Crippen LogP contribution in [0.4, 0.5) is 5.95 Å². The van der Waals surface area contributed by atoms with Gasteiger partial charge >= 0.3 is 5.97 Å². The van der Waals surface area contributed by atoms with E-state index < -0.39 is 17.9 Å². The number of nitrogens with zero attached hydrogens (tertiary/aromatic N) is 3. The second kappa shape index (κ2) is 6.89. The summed E-state index contributed by atoms with van der Waals surface area (Å²) < 4.78 is 0. The molecule has 1 aromatic rings. The Labute approximate surface area is 114 Å². The first-order chi connectivity index (χ1) is 9.45. The molecule has 1 unspecified atom stereocenters. The van der Waals surface area contributed by atoms with Gasteiger partial charge in [0, 0.05) is 6.20 Å². The van der Waals surface area contributed by atoms with Gasteiger partial charge < -0.3 is 15.7 Å². The molecule has 9 nitrogen and oxygen atoms in total. The van der Waals surface area contributed by atoms with Crippen molar-refractivity contribution >= 4 is 17.8 Å². The van der Waals surface area contributed by atoms with E-state index in [0.717, 1.165) is 6.20 Å². The largest absolute Gasteiger partial charge is 0.480 e. The molecule has 0 aliphatic heterocycles. The number of aromatic nitrogens is 3. The highest BCUT2D eigenvalue weighted by Gasteiger charge is 2.24. The summed E-state index contributed by atoms with van der Waals surface area (Å²) in [6.07, 6.45) is 2.37. The maximum Gasteiger partial charge on any atom is 0.326 e. The predicted molar refractivity (Wildman–Crippen MR) is 68.1 cm³/mol. The highest BCUT2D eigenvalue weighted by atomic mass is 16.4. The fraction of sp³-hybridized carbons (Fsp3) is 0.364. The van der Waals surface area contributed by atoms with Crippen LogP contribution in [-0.2, 0) is 9.59 Å². The number of carbonyl (C=O) groups excluding carboxylic acids is 1. The molecule has 1 amide bonds. The number of hydrogen-bond donors (Lipinski definition) is 4. The third-order valence-electron chi connectivity index (χ3n) is 2.35. The van der Waals surface area contributed by atoms with Crippen molar-refractivity contribution in [2.75, 3.05) is 5.32 Å². The van der Waals surface area contributed by atoms with Crippen molar-refractivity contribution in [3.63, 3.8) is 0 Å². The van der Waals surface area contributed by atoms with Crippen molar-refractivity contribution in [3.05, 3.63) is 18.1 Å². The van der Waals surface area contributed by atoms with Crippen LogP contribution in [0.5, 0.6) is 0 Å². The molecule has 4 N–H and O–H groups in total. The van der Waals surface area contributed by atoms with E-state index in [2.05, 4.69) is 25.8 Å². The van der Waals surface area contributed by atoms with E-state index in [9.17, 15) is 9.59 Å². The van der Waals surface area contributed by atoms with E-state index in [1.807, 2.05) is 0 Å². The Balaban J connectivity index is 2.74. The van der Waals surface area contributed by atoms with Gasteiger partial charge in [0.2, 0.25) is 5.95 Å². The fourth-order valence-corrected chi connectivity index (χ4v) is 1.30. The van der Waals surface area contributed by atoms with Gasteiger partial charge in [-0.05, 0) is 5.92 Å². The van der Waals surface area contributed by atoms with Gasteiger partial charge in [0.1, 0.15) is 24.0 Å². The van der Waals surface area contributed by atoms with Crippen LogP contribution in [-0.4, -0.2) is 38.2 Å². The molecule has 9 heteroatoms. The first-order valence-electron chi connectivity index (χ1n) is 5.71. The Morgan fingerprint density at radius 2 is 2.25 bits per heavy atom. The molecule has 0 aliphatic carbocycles. The van der Waals surface area contributed by atoms with E-state index in [0.29, 0.717) is 0 Å². The van der Waals surface area contributed by atoms with E-state index in [1.165, 1.54) is 6.33 Å². The monoisotopic (exact) mass is 278 g/mol. The first kappa shape index (κ1) is 15.2. The Bertz CT molecular complexity index is 543. The standard InChI is InChI=1S/C11H14N6O3/c1-6(2)8(10(19)20)16-9(18)7(3-12)4-13-11-14-5-15-17-11/h4-6,8H,1-2H3,(H,16,18)(H,19,20)(H2,13,14,15,17)/b7-4-. The van der Waals surface area contributed by atoms with Gasteiger partial charge in [-0.25, -0.2) is 9.89 Å². The summed E-state index contributed by atoms with van der Waals surface area (Å²) in [5, 5.41) is 28.8. The average Bonchev–Trinajstić information content (AvgIpc) is 2.89. The summed E-state index contributed by atoms with van der Waals surface area (Å²) in [6.45, 7) is 3.31. The maximum absolute atomic E-state index is 11.8. The molecule has 0 spiro atoms. The molecule has 0 bridgehead atoms. The highest BCUT2D eigenvalue weighted by Crippen LogP contribution is 2.04. The quantitative estimate of drug-likeness (QED) is 0.418. The van der Waals surface area contributed by atoms with Gasteiger partial charge in [-0.15, -0.1) is 0 Å². The third-order valence-corrected chi connectivity index (χ3v) is 2.35. The van der Waals surface area contributed by atoms with E-state index in [-0.39, 0.29) is 17.4 Å². The van der Waals surface area contributed by atoms with Crippen LogP contribution >= 0.6 is 0 Å². The first-order valence-corrected chi connectivity index (χ1v) is 5.71. The van der Waals surface area contributed by atoms with Gasteiger partial charge in [0.25, 0.3) is 5.91 Å². The zero-order valence-corrected chi connectivity index (χ0v) is 10.9. The van der Waals surface area contributed by atoms with Crippen molar-refractivity contribution in [1.82, 2.24) is 20.5 Å². The minimum absolute atomic E-state index is 0.254. The summed E-state index contributed by atoms with van der Waals surface area (Å²) in [7, 11) is 0. The lowest BCUT2D eigenvalue weighted by Crippen LogP contribution is -2.44. The average molecular weight is 278 g/mol. The number of nitrogens with one attached hydrogen (secondary N) is 3. The molecule has 1 atom stereocenters. The Hall–Kier alpha value is -2.89. The van der Waals surface area contributed by atoms with Crippen LogP contribution in [0.2, 0.25) is 0 Å². The smallest absolute Gasteiger partial charge is 0.326 e. The minimum atomic E-state index is -1.16. The normalized spacial score (nSPS) is 12.6. The minimum Gasteiger partial charge on any atom is -0.480 e. The third kappa shape index (κ3) is 4.09. The molecule has 1 heterocycles. The van der Waals surface area contributed by atoms with Crippen LogP contribution < -0.4 is 10.6 Å². The van der Waals surface area contributed by atoms with Crippen molar-refractivity contribution in [2.45, 2.75) is 19.9 Å². The summed E-state index contributed by atoms with van der Waals surface area (Å²) in [4.78, 5) is 26.5. The van der Waals surface area contributed by atoms with Crippen LogP contribution in [0.3, 0.4) is 0 Å². The van der Waals surface area contributed by atoms with Crippen LogP contribution in [0.1, 0.15) is 13.8 Å². The number of carbonyl (C=O) groups is 2. The molecule has 0 saturated heterocycles. The molecule has 20 heavy (non-hydrogen) atoms. The SMILES string of the molecule is CC(C)C(NC(=O)/C(C#N)=C\Nc1ncn[nH]1)C(=O)O. The number of anilines is 1. The van der Waals surface area contributed by atoms with Crippen molar-refractivity contribution in [1.29, 1.82) is 5.26 Å². The zero-order valence-electron chi connectivity index (χ0n) is 10.9. The lowest BCUT2D eigenvalue weighted by molar-refractivity contribution is -0.142. The lowest BCUT2D eigenvalue weighted by atomic mass is 10.0. The summed E-state index contributed by atoms with van der Waals surface area (Å²) in [5.41, 5.74) is -0.270. The van der Waals surface area contributed by atoms with Crippen LogP contribution in [0.25, 0.3) is 0 Å². The molecule has 0 aromatic carbocycles. The second-order valence-corrected chi connectivity index (χ2v) is 4.18. The molecule has 0 saturated carbocycles. The van der Waals surface area contributed by atoms with Gasteiger partial charge in [0.05, 0.1) is 0 Å². The number of H-pyrrole nitrogens is 1. The number of carboxylic acids is 1. The zero-order chi connectivity index (χ0) is 15.1. The fourth-order valence-electron chi connectivity index (χ4n) is 1.30. The highest BCUT2D eigenvalue weighted by molar-refractivity contribution is 5.99. The molecule has 1 aromatic heterocycles. The topological polar surface area (TPSA) is 144 Å². The van der Waals surface area contributed by atoms with Crippen molar-refractivity contribution < 1.29 is 14.7 Å². The summed E-state index contributed by atoms with van der Waals surface area (Å²) >= 11 is 0. The molecular formula is C11H14N6O3. The number of amides is 1. The van der Waals surface area contributed by atoms with Gasteiger partial charge in [-0.1, -0.05) is 13.8 Å². The molecular weight excluding hydrogens is 264 g/mol. The van der Waals surface area contributed by atoms with Crippen LogP contribution in [0.15, 0.2) is 18.1 Å². The van der Waals surface area contributed by atoms with Gasteiger partial charge in [-0.2, -0.15) is 15.3 Å². The Morgan fingerprint density at radius 1 is 1.55 bits per heavy atom. The van der Waals surface area contributed by atoms with Crippen molar-refractivity contribution in [3.8, 4) is 6.07 Å². The molecule has 0 radical (unpaired) electrons. The Morgan fingerprint density at radius 3 is 2.70 bits per heavy atom. The summed E-state index contributed by atoms with van der Waals surface area (Å²) in [5.74, 6) is -1.99. The van der Waals surface area contributed by atoms with E-state index in [4.69, 9.17) is 10.4 Å². The number of rotatable bonds is 6. The number of aromatic amines is 1. The number of nitriles is 1. The molecule has 0 fully saturated rings. The van der Waals surface area contributed by atoms with E-state index >= 15 is 0 Å². The second-order valence-electron chi connectivity index (χ2n) is 4.18. The van der Waals surface area contributed by atoms with E-state index in [1.54, 1.807) is 19.9 Å². The molecule has 1 rings (SSSR count). The molecule has 0 aliphatic rings. The van der Waals surface area contributed by atoms with Gasteiger partial charge in [0.15, 0.2) is 0 Å². The van der Waals surface area contributed by atoms with Crippen molar-refractivity contribution in [2.24, 2.45) is 5.92 Å². The maximum atomic E-state index is 11.8. The number of hydrogen-bond acceptors (Lipinski definition) is 6. The number of aliphatic carboxylic acids is 1. The van der Waals surface area contributed by atoms with Gasteiger partial charge in [-0.3, -0.25) is 4.79 Å². The predicted octanol–water partition coefficient (Wildman–Crippen LogP) is -0.151. The molecule has 106 valence electrons. The lowest BCUT2D eigenvalue weighted by Gasteiger charge is -2.17. The number of carboxylic acid groups (broad SMARTS) is 1. The van der Waals surface area contributed by atoms with Crippen LogP contribution in [0, 0.1) is 17.2 Å². The Kier molecular flexibility index (Phi) is 5.22. The summed E-state index contributed by atoms with van der Waals surface area (Å²) in [6, 6.07) is 0.614.